The van der Waals surface area contributed by atoms with Gasteiger partial charge in [-0.15, -0.1) is 0 Å². The third-order valence-corrected chi connectivity index (χ3v) is 4.39. The van der Waals surface area contributed by atoms with E-state index >= 15 is 0 Å². The van der Waals surface area contributed by atoms with Gasteiger partial charge in [0.25, 0.3) is 0 Å². The van der Waals surface area contributed by atoms with Crippen LogP contribution in [-0.2, 0) is 9.59 Å². The lowest BCUT2D eigenvalue weighted by Crippen LogP contribution is -2.44. The summed E-state index contributed by atoms with van der Waals surface area (Å²) in [6.45, 7) is 6.19. The minimum atomic E-state index is -0.937. The van der Waals surface area contributed by atoms with Crippen LogP contribution in [0.5, 0.6) is 5.75 Å². The molecule has 0 bridgehead atoms. The zero-order chi connectivity index (χ0) is 17.7. The third-order valence-electron chi connectivity index (χ3n) is 4.39. The van der Waals surface area contributed by atoms with Gasteiger partial charge in [0.2, 0.25) is 5.91 Å². The Morgan fingerprint density at radius 1 is 1.29 bits per heavy atom. The van der Waals surface area contributed by atoms with Gasteiger partial charge >= 0.3 is 5.97 Å². The number of hydrogen-bond acceptors (Lipinski definition) is 3. The highest BCUT2D eigenvalue weighted by molar-refractivity contribution is 5.83. The molecule has 1 unspecified atom stereocenters. The average molecular weight is 333 g/mol. The molecule has 1 aliphatic carbocycles. The van der Waals surface area contributed by atoms with Crippen molar-refractivity contribution in [3.05, 3.63) is 29.3 Å². The van der Waals surface area contributed by atoms with Crippen LogP contribution in [0, 0.1) is 13.8 Å². The largest absolute Gasteiger partial charge is 0.493 e. The van der Waals surface area contributed by atoms with Crippen molar-refractivity contribution in [1.82, 2.24) is 4.90 Å². The van der Waals surface area contributed by atoms with Gasteiger partial charge in [0.1, 0.15) is 11.8 Å². The first-order valence-corrected chi connectivity index (χ1v) is 8.64. The summed E-state index contributed by atoms with van der Waals surface area (Å²) in [6, 6.07) is 5.49. The Labute approximate surface area is 143 Å². The Morgan fingerprint density at radius 2 is 2.00 bits per heavy atom. The number of nitrogens with zero attached hydrogens (tertiary/aromatic N) is 1. The van der Waals surface area contributed by atoms with E-state index in [0.29, 0.717) is 19.4 Å². The number of amides is 1. The SMILES string of the molecule is Cc1ccc(C)c(OCCCCC(=O)N(C2CC2)C(C)C(=O)O)c1. The summed E-state index contributed by atoms with van der Waals surface area (Å²) >= 11 is 0. The van der Waals surface area contributed by atoms with Crippen LogP contribution in [0.25, 0.3) is 0 Å². The van der Waals surface area contributed by atoms with Crippen molar-refractivity contribution in [1.29, 1.82) is 0 Å². The molecule has 2 rings (SSSR count). The molecule has 0 saturated heterocycles. The number of benzene rings is 1. The molecular formula is C19H27NO4. The molecule has 0 spiro atoms. The van der Waals surface area contributed by atoms with Crippen LogP contribution >= 0.6 is 0 Å². The van der Waals surface area contributed by atoms with Gasteiger partial charge in [0.15, 0.2) is 0 Å². The molecule has 1 aromatic carbocycles. The summed E-state index contributed by atoms with van der Waals surface area (Å²) < 4.78 is 5.79. The summed E-state index contributed by atoms with van der Waals surface area (Å²) in [5, 5.41) is 9.15. The Morgan fingerprint density at radius 3 is 2.62 bits per heavy atom. The number of ether oxygens (including phenoxy) is 1. The van der Waals surface area contributed by atoms with Crippen LogP contribution in [0.4, 0.5) is 0 Å². The van der Waals surface area contributed by atoms with E-state index in [-0.39, 0.29) is 11.9 Å². The molecule has 1 atom stereocenters. The fourth-order valence-electron chi connectivity index (χ4n) is 2.76. The van der Waals surface area contributed by atoms with Crippen molar-refractivity contribution in [3.63, 3.8) is 0 Å². The summed E-state index contributed by atoms with van der Waals surface area (Å²) in [6.07, 6.45) is 3.70. The Kier molecular flexibility index (Phi) is 6.23. The van der Waals surface area contributed by atoms with Crippen molar-refractivity contribution < 1.29 is 19.4 Å². The zero-order valence-electron chi connectivity index (χ0n) is 14.7. The molecule has 1 aliphatic rings. The molecule has 0 radical (unpaired) electrons. The van der Waals surface area contributed by atoms with E-state index in [1.54, 1.807) is 11.8 Å². The lowest BCUT2D eigenvalue weighted by Gasteiger charge is -2.26. The van der Waals surface area contributed by atoms with Crippen LogP contribution in [0.1, 0.15) is 50.2 Å². The number of carboxylic acid groups (broad SMARTS) is 1. The normalized spacial score (nSPS) is 15.0. The quantitative estimate of drug-likeness (QED) is 0.704. The summed E-state index contributed by atoms with van der Waals surface area (Å²) in [5.41, 5.74) is 2.26. The van der Waals surface area contributed by atoms with E-state index in [1.165, 1.54) is 0 Å². The second kappa shape index (κ2) is 8.18. The topological polar surface area (TPSA) is 66.8 Å². The van der Waals surface area contributed by atoms with Crippen LogP contribution in [0.15, 0.2) is 18.2 Å². The van der Waals surface area contributed by atoms with Crippen LogP contribution in [0.2, 0.25) is 0 Å². The fraction of sp³-hybridized carbons (Fsp3) is 0.579. The molecule has 5 heteroatoms. The van der Waals surface area contributed by atoms with E-state index in [9.17, 15) is 9.59 Å². The minimum Gasteiger partial charge on any atom is -0.493 e. The highest BCUT2D eigenvalue weighted by atomic mass is 16.5. The second-order valence-corrected chi connectivity index (χ2v) is 6.62. The Balaban J connectivity index is 1.74. The first kappa shape index (κ1) is 18.3. The molecule has 1 aromatic rings. The lowest BCUT2D eigenvalue weighted by molar-refractivity contribution is -0.150. The predicted octanol–water partition coefficient (Wildman–Crippen LogP) is 3.32. The van der Waals surface area contributed by atoms with Gasteiger partial charge in [-0.1, -0.05) is 12.1 Å². The molecule has 0 aliphatic heterocycles. The molecule has 132 valence electrons. The number of unbranched alkanes of at least 4 members (excludes halogenated alkanes) is 1. The minimum absolute atomic E-state index is 0.0564. The molecule has 1 saturated carbocycles. The predicted molar refractivity (Wildman–Crippen MR) is 92.2 cm³/mol. The van der Waals surface area contributed by atoms with Gasteiger partial charge in [-0.2, -0.15) is 0 Å². The number of carbonyl (C=O) groups excluding carboxylic acids is 1. The third kappa shape index (κ3) is 4.98. The van der Waals surface area contributed by atoms with Gasteiger partial charge in [-0.3, -0.25) is 4.79 Å². The van der Waals surface area contributed by atoms with E-state index in [4.69, 9.17) is 9.84 Å². The maximum Gasteiger partial charge on any atom is 0.326 e. The lowest BCUT2D eigenvalue weighted by atomic mass is 10.1. The molecule has 1 amide bonds. The van der Waals surface area contributed by atoms with Crippen molar-refractivity contribution in [2.24, 2.45) is 0 Å². The number of carboxylic acids is 1. The van der Waals surface area contributed by atoms with Gasteiger partial charge in [-0.05, 0) is 63.6 Å². The van der Waals surface area contributed by atoms with E-state index in [2.05, 4.69) is 6.07 Å². The average Bonchev–Trinajstić information content (AvgIpc) is 3.35. The highest BCUT2D eigenvalue weighted by Crippen LogP contribution is 2.29. The number of hydrogen-bond donors (Lipinski definition) is 1. The molecule has 0 heterocycles. The Hall–Kier alpha value is -2.04. The molecule has 1 fully saturated rings. The summed E-state index contributed by atoms with van der Waals surface area (Å²) in [7, 11) is 0. The highest BCUT2D eigenvalue weighted by Gasteiger charge is 2.37. The standard InChI is InChI=1S/C19H27NO4/c1-13-7-8-14(2)17(12-13)24-11-5-4-6-18(21)20(16-9-10-16)15(3)19(22)23/h7-8,12,15-16H,4-6,9-11H2,1-3H3,(H,22,23). The van der Waals surface area contributed by atoms with Crippen LogP contribution in [0.3, 0.4) is 0 Å². The number of aliphatic carboxylic acids is 1. The van der Waals surface area contributed by atoms with Crippen molar-refractivity contribution >= 4 is 11.9 Å². The van der Waals surface area contributed by atoms with Crippen LogP contribution in [-0.4, -0.2) is 40.6 Å². The molecule has 24 heavy (non-hydrogen) atoms. The molecule has 1 N–H and O–H groups in total. The monoisotopic (exact) mass is 333 g/mol. The van der Waals surface area contributed by atoms with Crippen molar-refractivity contribution in [2.75, 3.05) is 6.61 Å². The van der Waals surface area contributed by atoms with Crippen molar-refractivity contribution in [3.8, 4) is 5.75 Å². The van der Waals surface area contributed by atoms with E-state index < -0.39 is 12.0 Å². The van der Waals surface area contributed by atoms with Crippen molar-refractivity contribution in [2.45, 2.75) is 65.0 Å². The first-order valence-electron chi connectivity index (χ1n) is 8.64. The van der Waals surface area contributed by atoms with Gasteiger partial charge in [-0.25, -0.2) is 4.79 Å². The Bertz CT molecular complexity index is 595. The molecule has 0 aromatic heterocycles. The second-order valence-electron chi connectivity index (χ2n) is 6.62. The number of rotatable bonds is 9. The van der Waals surface area contributed by atoms with E-state index in [0.717, 1.165) is 36.1 Å². The summed E-state index contributed by atoms with van der Waals surface area (Å²) in [4.78, 5) is 25.0. The smallest absolute Gasteiger partial charge is 0.326 e. The van der Waals surface area contributed by atoms with Gasteiger partial charge in [0, 0.05) is 12.5 Å². The zero-order valence-corrected chi connectivity index (χ0v) is 14.7. The van der Waals surface area contributed by atoms with Crippen LogP contribution < -0.4 is 4.74 Å². The number of aryl methyl sites for hydroxylation is 2. The first-order chi connectivity index (χ1) is 11.4. The molecular weight excluding hydrogens is 306 g/mol. The molecule has 5 nitrogen and oxygen atoms in total. The maximum atomic E-state index is 12.3. The van der Waals surface area contributed by atoms with E-state index in [1.807, 2.05) is 26.0 Å². The fourth-order valence-corrected chi connectivity index (χ4v) is 2.76. The van der Waals surface area contributed by atoms with Gasteiger partial charge in [0.05, 0.1) is 6.61 Å². The van der Waals surface area contributed by atoms with Gasteiger partial charge < -0.3 is 14.7 Å². The maximum absolute atomic E-state index is 12.3. The summed E-state index contributed by atoms with van der Waals surface area (Å²) in [5.74, 6) is -0.104. The number of carbonyl (C=O) groups is 2.